The van der Waals surface area contributed by atoms with Crippen LogP contribution in [0.25, 0.3) is 11.3 Å². The molecular weight excluding hydrogens is 216 g/mol. The third-order valence-electron chi connectivity index (χ3n) is 2.46. The van der Waals surface area contributed by atoms with Crippen LogP contribution in [0.15, 0.2) is 36.5 Å². The number of rotatable bonds is 3. The molecule has 4 heteroatoms. The fraction of sp³-hybridized carbons (Fsp3) is 0.154. The lowest BCUT2D eigenvalue weighted by Gasteiger charge is -2.09. The van der Waals surface area contributed by atoms with Gasteiger partial charge >= 0.3 is 0 Å². The van der Waals surface area contributed by atoms with Crippen LogP contribution in [-0.2, 0) is 0 Å². The number of ether oxygens (including phenoxy) is 2. The standard InChI is InChI=1S/C13H14N2O2/c1-16-10-6-9(7-11(8-10)17-2)13-12(14)4-3-5-15-13/h3-8H,14H2,1-2H3. The highest BCUT2D eigenvalue weighted by Gasteiger charge is 2.07. The highest BCUT2D eigenvalue weighted by molar-refractivity contribution is 5.74. The molecule has 0 fully saturated rings. The summed E-state index contributed by atoms with van der Waals surface area (Å²) in [5.41, 5.74) is 8.12. The Hall–Kier alpha value is -2.23. The predicted octanol–water partition coefficient (Wildman–Crippen LogP) is 2.35. The van der Waals surface area contributed by atoms with Crippen LogP contribution in [-0.4, -0.2) is 19.2 Å². The lowest BCUT2D eigenvalue weighted by atomic mass is 10.1. The molecule has 0 bridgehead atoms. The number of methoxy groups -OCH3 is 2. The maximum Gasteiger partial charge on any atom is 0.123 e. The molecule has 1 heterocycles. The van der Waals surface area contributed by atoms with Crippen molar-refractivity contribution in [2.24, 2.45) is 0 Å². The summed E-state index contributed by atoms with van der Waals surface area (Å²) >= 11 is 0. The zero-order valence-corrected chi connectivity index (χ0v) is 9.81. The van der Waals surface area contributed by atoms with Gasteiger partial charge in [0, 0.05) is 17.8 Å². The van der Waals surface area contributed by atoms with Gasteiger partial charge in [0.25, 0.3) is 0 Å². The molecule has 0 spiro atoms. The zero-order chi connectivity index (χ0) is 12.3. The predicted molar refractivity (Wildman–Crippen MR) is 67.2 cm³/mol. The van der Waals surface area contributed by atoms with Crippen LogP contribution >= 0.6 is 0 Å². The molecule has 0 unspecified atom stereocenters. The van der Waals surface area contributed by atoms with E-state index in [0.717, 1.165) is 11.3 Å². The molecule has 0 aliphatic rings. The Bertz CT molecular complexity index is 504. The maximum atomic E-state index is 5.89. The SMILES string of the molecule is COc1cc(OC)cc(-c2ncccc2N)c1. The summed E-state index contributed by atoms with van der Waals surface area (Å²) in [5.74, 6) is 1.42. The summed E-state index contributed by atoms with van der Waals surface area (Å²) in [5, 5.41) is 0. The van der Waals surface area contributed by atoms with Gasteiger partial charge in [-0.3, -0.25) is 4.98 Å². The third-order valence-corrected chi connectivity index (χ3v) is 2.46. The van der Waals surface area contributed by atoms with Crippen molar-refractivity contribution < 1.29 is 9.47 Å². The van der Waals surface area contributed by atoms with E-state index in [1.54, 1.807) is 26.5 Å². The molecule has 0 amide bonds. The van der Waals surface area contributed by atoms with Crippen LogP contribution in [0, 0.1) is 0 Å². The summed E-state index contributed by atoms with van der Waals surface area (Å²) in [6, 6.07) is 9.18. The highest BCUT2D eigenvalue weighted by Crippen LogP contribution is 2.31. The van der Waals surface area contributed by atoms with Crippen molar-refractivity contribution in [1.82, 2.24) is 4.98 Å². The molecule has 1 aromatic carbocycles. The highest BCUT2D eigenvalue weighted by atomic mass is 16.5. The maximum absolute atomic E-state index is 5.89. The second-order valence-corrected chi connectivity index (χ2v) is 3.54. The van der Waals surface area contributed by atoms with Crippen LogP contribution in [0.5, 0.6) is 11.5 Å². The molecule has 2 N–H and O–H groups in total. The van der Waals surface area contributed by atoms with Crippen molar-refractivity contribution in [3.05, 3.63) is 36.5 Å². The van der Waals surface area contributed by atoms with E-state index in [1.807, 2.05) is 24.3 Å². The molecule has 0 atom stereocenters. The van der Waals surface area contributed by atoms with Crippen LogP contribution in [0.1, 0.15) is 0 Å². The summed E-state index contributed by atoms with van der Waals surface area (Å²) in [6.45, 7) is 0. The van der Waals surface area contributed by atoms with E-state index >= 15 is 0 Å². The first-order chi connectivity index (χ1) is 8.24. The molecule has 0 saturated heterocycles. The van der Waals surface area contributed by atoms with Crippen molar-refractivity contribution in [3.63, 3.8) is 0 Å². The first-order valence-electron chi connectivity index (χ1n) is 5.18. The molecule has 0 radical (unpaired) electrons. The summed E-state index contributed by atoms with van der Waals surface area (Å²) in [6.07, 6.45) is 1.71. The Morgan fingerprint density at radius 1 is 1.06 bits per heavy atom. The molecule has 88 valence electrons. The lowest BCUT2D eigenvalue weighted by molar-refractivity contribution is 0.394. The van der Waals surface area contributed by atoms with Gasteiger partial charge in [-0.1, -0.05) is 0 Å². The largest absolute Gasteiger partial charge is 0.497 e. The monoisotopic (exact) mass is 230 g/mol. The Balaban J connectivity index is 2.55. The first-order valence-corrected chi connectivity index (χ1v) is 5.18. The van der Waals surface area contributed by atoms with Crippen molar-refractivity contribution in [3.8, 4) is 22.8 Å². The van der Waals surface area contributed by atoms with E-state index in [-0.39, 0.29) is 0 Å². The number of nitrogen functional groups attached to an aromatic ring is 1. The van der Waals surface area contributed by atoms with E-state index in [9.17, 15) is 0 Å². The molecule has 4 nitrogen and oxygen atoms in total. The van der Waals surface area contributed by atoms with Gasteiger partial charge in [0.15, 0.2) is 0 Å². The molecule has 0 aliphatic heterocycles. The van der Waals surface area contributed by atoms with Gasteiger partial charge in [-0.2, -0.15) is 0 Å². The van der Waals surface area contributed by atoms with Gasteiger partial charge in [-0.25, -0.2) is 0 Å². The summed E-state index contributed by atoms with van der Waals surface area (Å²) < 4.78 is 10.4. The Kier molecular flexibility index (Phi) is 3.14. The number of benzene rings is 1. The molecule has 17 heavy (non-hydrogen) atoms. The van der Waals surface area contributed by atoms with Crippen LogP contribution in [0.2, 0.25) is 0 Å². The van der Waals surface area contributed by atoms with Crippen molar-refractivity contribution in [2.45, 2.75) is 0 Å². The summed E-state index contributed by atoms with van der Waals surface area (Å²) in [4.78, 5) is 4.26. The zero-order valence-electron chi connectivity index (χ0n) is 9.81. The number of hydrogen-bond donors (Lipinski definition) is 1. The molecule has 1 aromatic heterocycles. The van der Waals surface area contributed by atoms with Crippen molar-refractivity contribution >= 4 is 5.69 Å². The number of anilines is 1. The summed E-state index contributed by atoms with van der Waals surface area (Å²) in [7, 11) is 3.22. The van der Waals surface area contributed by atoms with E-state index in [1.165, 1.54) is 0 Å². The minimum absolute atomic E-state index is 0.628. The van der Waals surface area contributed by atoms with E-state index < -0.39 is 0 Å². The van der Waals surface area contributed by atoms with E-state index in [2.05, 4.69) is 4.98 Å². The van der Waals surface area contributed by atoms with Gasteiger partial charge in [-0.05, 0) is 24.3 Å². The average molecular weight is 230 g/mol. The fourth-order valence-corrected chi connectivity index (χ4v) is 1.60. The average Bonchev–Trinajstić information content (AvgIpc) is 2.38. The minimum atomic E-state index is 0.628. The quantitative estimate of drug-likeness (QED) is 0.879. The van der Waals surface area contributed by atoms with Gasteiger partial charge in [0.2, 0.25) is 0 Å². The normalized spacial score (nSPS) is 10.0. The van der Waals surface area contributed by atoms with Gasteiger partial charge in [-0.15, -0.1) is 0 Å². The van der Waals surface area contributed by atoms with Crippen LogP contribution in [0.4, 0.5) is 5.69 Å². The molecule has 0 saturated carbocycles. The van der Waals surface area contributed by atoms with Crippen molar-refractivity contribution in [1.29, 1.82) is 0 Å². The Morgan fingerprint density at radius 3 is 2.24 bits per heavy atom. The lowest BCUT2D eigenvalue weighted by Crippen LogP contribution is -1.94. The smallest absolute Gasteiger partial charge is 0.123 e. The van der Waals surface area contributed by atoms with Crippen LogP contribution in [0.3, 0.4) is 0 Å². The van der Waals surface area contributed by atoms with E-state index in [4.69, 9.17) is 15.2 Å². The van der Waals surface area contributed by atoms with Gasteiger partial charge in [0.1, 0.15) is 11.5 Å². The van der Waals surface area contributed by atoms with Gasteiger partial charge < -0.3 is 15.2 Å². The Labute approximate surface area is 100 Å². The Morgan fingerprint density at radius 2 is 1.71 bits per heavy atom. The second kappa shape index (κ2) is 4.74. The molecule has 0 aliphatic carbocycles. The number of aromatic nitrogens is 1. The molecule has 2 rings (SSSR count). The topological polar surface area (TPSA) is 57.4 Å². The fourth-order valence-electron chi connectivity index (χ4n) is 1.60. The number of nitrogens with two attached hydrogens (primary N) is 1. The minimum Gasteiger partial charge on any atom is -0.497 e. The third kappa shape index (κ3) is 2.30. The van der Waals surface area contributed by atoms with E-state index in [0.29, 0.717) is 17.2 Å². The number of pyridine rings is 1. The number of nitrogens with zero attached hydrogens (tertiary/aromatic N) is 1. The first kappa shape index (κ1) is 11.3. The van der Waals surface area contributed by atoms with Crippen LogP contribution < -0.4 is 15.2 Å². The second-order valence-electron chi connectivity index (χ2n) is 3.54. The molecular formula is C13H14N2O2. The van der Waals surface area contributed by atoms with Gasteiger partial charge in [0.05, 0.1) is 25.6 Å². The van der Waals surface area contributed by atoms with Crippen molar-refractivity contribution in [2.75, 3.05) is 20.0 Å². The number of hydrogen-bond acceptors (Lipinski definition) is 4. The molecule has 2 aromatic rings.